The lowest BCUT2D eigenvalue weighted by Gasteiger charge is -2.20. The summed E-state index contributed by atoms with van der Waals surface area (Å²) in [6.45, 7) is 4.86. The van der Waals surface area contributed by atoms with E-state index in [-0.39, 0.29) is 17.5 Å². The average molecular weight is 352 g/mol. The zero-order valence-electron chi connectivity index (χ0n) is 14.3. The first-order valence-electron chi connectivity index (χ1n) is 7.34. The van der Waals surface area contributed by atoms with Crippen LogP contribution < -0.4 is 10.7 Å². The van der Waals surface area contributed by atoms with Gasteiger partial charge in [-0.2, -0.15) is 5.10 Å². The van der Waals surface area contributed by atoms with E-state index in [0.717, 1.165) is 0 Å². The molecule has 0 aliphatic rings. The highest BCUT2D eigenvalue weighted by atomic mass is 16.6. The fourth-order valence-corrected chi connectivity index (χ4v) is 1.75. The highest BCUT2D eigenvalue weighted by molar-refractivity contribution is 6.07. The SMILES string of the molecule is COC(=O)NN=C(C)C(Nc1cccc([N+](=O)[O-])c1)C(=O)OC(C)C. The Bertz CT molecular complexity index is 674. The number of nitrogens with one attached hydrogen (secondary N) is 2. The van der Waals surface area contributed by atoms with Crippen molar-refractivity contribution >= 4 is 29.1 Å². The van der Waals surface area contributed by atoms with Gasteiger partial charge >= 0.3 is 12.1 Å². The van der Waals surface area contributed by atoms with Crippen LogP contribution in [-0.2, 0) is 14.3 Å². The Hall–Kier alpha value is -3.17. The average Bonchev–Trinajstić information content (AvgIpc) is 2.56. The maximum atomic E-state index is 12.3. The van der Waals surface area contributed by atoms with Gasteiger partial charge in [-0.25, -0.2) is 15.0 Å². The molecule has 1 aromatic carbocycles. The predicted molar refractivity (Wildman–Crippen MR) is 90.4 cm³/mol. The Morgan fingerprint density at radius 2 is 2.00 bits per heavy atom. The Morgan fingerprint density at radius 3 is 2.56 bits per heavy atom. The highest BCUT2D eigenvalue weighted by Gasteiger charge is 2.25. The van der Waals surface area contributed by atoms with E-state index in [4.69, 9.17) is 4.74 Å². The van der Waals surface area contributed by atoms with Crippen LogP contribution in [-0.4, -0.2) is 42.0 Å². The van der Waals surface area contributed by atoms with Crippen molar-refractivity contribution in [2.24, 2.45) is 5.10 Å². The molecule has 0 bridgehead atoms. The third kappa shape index (κ3) is 6.45. The van der Waals surface area contributed by atoms with Gasteiger partial charge in [0.1, 0.15) is 0 Å². The number of carbonyl (C=O) groups excluding carboxylic acids is 2. The maximum Gasteiger partial charge on any atom is 0.427 e. The van der Waals surface area contributed by atoms with Gasteiger partial charge in [0.25, 0.3) is 5.69 Å². The molecule has 10 nitrogen and oxygen atoms in total. The largest absolute Gasteiger partial charge is 0.461 e. The number of ether oxygens (including phenoxy) is 2. The number of nitrogens with zero attached hydrogens (tertiary/aromatic N) is 2. The van der Waals surface area contributed by atoms with Crippen LogP contribution in [0, 0.1) is 10.1 Å². The van der Waals surface area contributed by atoms with E-state index in [1.54, 1.807) is 19.9 Å². The number of non-ortho nitro benzene ring substituents is 1. The summed E-state index contributed by atoms with van der Waals surface area (Å²) < 4.78 is 9.55. The van der Waals surface area contributed by atoms with E-state index in [9.17, 15) is 19.7 Å². The van der Waals surface area contributed by atoms with E-state index in [2.05, 4.69) is 20.6 Å². The minimum atomic E-state index is -1.05. The van der Waals surface area contributed by atoms with E-state index in [1.165, 1.54) is 32.2 Å². The topological polar surface area (TPSA) is 132 Å². The molecule has 0 saturated heterocycles. The summed E-state index contributed by atoms with van der Waals surface area (Å²) in [4.78, 5) is 33.7. The number of nitro groups is 1. The highest BCUT2D eigenvalue weighted by Crippen LogP contribution is 2.18. The Labute approximate surface area is 144 Å². The van der Waals surface area contributed by atoms with Crippen LogP contribution in [0.4, 0.5) is 16.2 Å². The van der Waals surface area contributed by atoms with Gasteiger partial charge in [-0.3, -0.25) is 10.1 Å². The fraction of sp³-hybridized carbons (Fsp3) is 0.400. The molecule has 1 atom stereocenters. The number of rotatable bonds is 7. The molecule has 0 aliphatic heterocycles. The second kappa shape index (κ2) is 9.21. The molecule has 1 aromatic rings. The van der Waals surface area contributed by atoms with Crippen LogP contribution in [0.15, 0.2) is 29.4 Å². The van der Waals surface area contributed by atoms with Crippen LogP contribution >= 0.6 is 0 Å². The molecule has 0 aliphatic carbocycles. The smallest absolute Gasteiger partial charge is 0.427 e. The molecule has 10 heteroatoms. The summed E-state index contributed by atoms with van der Waals surface area (Å²) >= 11 is 0. The molecule has 0 radical (unpaired) electrons. The second-order valence-electron chi connectivity index (χ2n) is 5.23. The van der Waals surface area contributed by atoms with Crippen molar-refractivity contribution in [1.82, 2.24) is 5.43 Å². The van der Waals surface area contributed by atoms with E-state index < -0.39 is 23.0 Å². The lowest BCUT2D eigenvalue weighted by Crippen LogP contribution is -2.40. The van der Waals surface area contributed by atoms with Crippen molar-refractivity contribution in [3.05, 3.63) is 34.4 Å². The number of hydrogen-bond donors (Lipinski definition) is 2. The molecule has 0 aromatic heterocycles. The summed E-state index contributed by atoms with van der Waals surface area (Å²) in [6.07, 6.45) is -1.17. The number of anilines is 1. The predicted octanol–water partition coefficient (Wildman–Crippen LogP) is 2.06. The first-order chi connectivity index (χ1) is 11.7. The molecule has 1 rings (SSSR count). The standard InChI is InChI=1S/C15H20N4O6/c1-9(2)25-14(20)13(10(3)17-18-15(21)24-4)16-11-6-5-7-12(8-11)19(22)23/h5-9,13,16H,1-4H3,(H,18,21). The summed E-state index contributed by atoms with van der Waals surface area (Å²) in [6, 6.07) is 4.58. The van der Waals surface area contributed by atoms with Crippen LogP contribution in [0.3, 0.4) is 0 Å². The number of carbonyl (C=O) groups is 2. The lowest BCUT2D eigenvalue weighted by atomic mass is 10.1. The van der Waals surface area contributed by atoms with Gasteiger partial charge in [-0.05, 0) is 26.8 Å². The van der Waals surface area contributed by atoms with Gasteiger partial charge in [0, 0.05) is 17.8 Å². The van der Waals surface area contributed by atoms with E-state index in [0.29, 0.717) is 5.69 Å². The van der Waals surface area contributed by atoms with Crippen LogP contribution in [0.1, 0.15) is 20.8 Å². The van der Waals surface area contributed by atoms with Crippen molar-refractivity contribution in [3.63, 3.8) is 0 Å². The normalized spacial score (nSPS) is 12.3. The van der Waals surface area contributed by atoms with Crippen molar-refractivity contribution < 1.29 is 24.0 Å². The van der Waals surface area contributed by atoms with Crippen LogP contribution in [0.25, 0.3) is 0 Å². The van der Waals surface area contributed by atoms with Gasteiger partial charge in [0.05, 0.1) is 23.8 Å². The third-order valence-corrected chi connectivity index (χ3v) is 2.88. The second-order valence-corrected chi connectivity index (χ2v) is 5.23. The van der Waals surface area contributed by atoms with Crippen LogP contribution in [0.5, 0.6) is 0 Å². The first-order valence-corrected chi connectivity index (χ1v) is 7.34. The van der Waals surface area contributed by atoms with E-state index >= 15 is 0 Å². The van der Waals surface area contributed by atoms with Crippen LogP contribution in [0.2, 0.25) is 0 Å². The molecule has 0 saturated carbocycles. The van der Waals surface area contributed by atoms with Crippen molar-refractivity contribution in [1.29, 1.82) is 0 Å². The molecule has 0 heterocycles. The van der Waals surface area contributed by atoms with E-state index in [1.807, 2.05) is 0 Å². The maximum absolute atomic E-state index is 12.3. The van der Waals surface area contributed by atoms with Gasteiger partial charge in [0.15, 0.2) is 6.04 Å². The Balaban J connectivity index is 3.05. The molecule has 2 N–H and O–H groups in total. The third-order valence-electron chi connectivity index (χ3n) is 2.88. The van der Waals surface area contributed by atoms with Gasteiger partial charge in [-0.15, -0.1) is 0 Å². The van der Waals surface area contributed by atoms with Gasteiger partial charge in [0.2, 0.25) is 0 Å². The summed E-state index contributed by atoms with van der Waals surface area (Å²) in [7, 11) is 1.17. The van der Waals surface area contributed by atoms with Gasteiger partial charge in [-0.1, -0.05) is 6.07 Å². The molecular weight excluding hydrogens is 332 g/mol. The number of esters is 1. The molecular formula is C15H20N4O6. The van der Waals surface area contributed by atoms with Crippen molar-refractivity contribution in [2.45, 2.75) is 32.9 Å². The number of benzene rings is 1. The number of amides is 1. The molecule has 25 heavy (non-hydrogen) atoms. The fourth-order valence-electron chi connectivity index (χ4n) is 1.75. The zero-order valence-corrected chi connectivity index (χ0v) is 14.3. The summed E-state index contributed by atoms with van der Waals surface area (Å²) in [5.41, 5.74) is 2.48. The number of nitro benzene ring substituents is 1. The van der Waals surface area contributed by atoms with Gasteiger partial charge < -0.3 is 14.8 Å². The molecule has 0 spiro atoms. The molecule has 0 fully saturated rings. The Kier molecular flexibility index (Phi) is 7.32. The lowest BCUT2D eigenvalue weighted by molar-refractivity contribution is -0.384. The van der Waals surface area contributed by atoms with Crippen molar-refractivity contribution in [2.75, 3.05) is 12.4 Å². The molecule has 1 unspecified atom stereocenters. The Morgan fingerprint density at radius 1 is 1.32 bits per heavy atom. The minimum Gasteiger partial charge on any atom is -0.461 e. The quantitative estimate of drug-likeness (QED) is 0.332. The molecule has 136 valence electrons. The molecule has 1 amide bonds. The minimum absolute atomic E-state index is 0.136. The monoisotopic (exact) mass is 352 g/mol. The van der Waals surface area contributed by atoms with Crippen molar-refractivity contribution in [3.8, 4) is 0 Å². The first kappa shape index (κ1) is 19.9. The number of methoxy groups -OCH3 is 1. The summed E-state index contributed by atoms with van der Waals surface area (Å²) in [5, 5.41) is 17.5. The number of hydrogen-bond acceptors (Lipinski definition) is 8. The summed E-state index contributed by atoms with van der Waals surface area (Å²) in [5.74, 6) is -0.644. The number of hydrazone groups is 1. The zero-order chi connectivity index (χ0) is 19.0.